The van der Waals surface area contributed by atoms with Gasteiger partial charge in [-0.05, 0) is 23.7 Å². The molecule has 6 nitrogen and oxygen atoms in total. The third kappa shape index (κ3) is 2.57. The molecule has 0 atom stereocenters. The number of rotatable bonds is 3. The molecule has 2 rings (SSSR count). The molecule has 0 aliphatic heterocycles. The van der Waals surface area contributed by atoms with Crippen LogP contribution in [-0.4, -0.2) is 28.8 Å². The first kappa shape index (κ1) is 11.9. The number of nitrogens with two attached hydrogens (primary N) is 1. The van der Waals surface area contributed by atoms with Crippen LogP contribution in [0.4, 0.5) is 11.6 Å². The van der Waals surface area contributed by atoms with Crippen LogP contribution in [0.25, 0.3) is 0 Å². The summed E-state index contributed by atoms with van der Waals surface area (Å²) in [6.45, 7) is 0. The monoisotopic (exact) mass is 242 g/mol. The number of nitrogens with one attached hydrogen (secondary N) is 1. The van der Waals surface area contributed by atoms with Crippen molar-refractivity contribution in [3.8, 4) is 5.88 Å². The van der Waals surface area contributed by atoms with Crippen LogP contribution in [0.3, 0.4) is 0 Å². The number of anilines is 2. The second-order valence-electron chi connectivity index (χ2n) is 3.77. The van der Waals surface area contributed by atoms with E-state index in [-0.39, 0.29) is 11.8 Å². The van der Waals surface area contributed by atoms with Crippen molar-refractivity contribution in [1.29, 1.82) is 0 Å². The van der Waals surface area contributed by atoms with Gasteiger partial charge in [-0.2, -0.15) is 4.98 Å². The number of hydrogen-bond acceptors (Lipinski definition) is 5. The van der Waals surface area contributed by atoms with Gasteiger partial charge in [0.25, 0.3) is 0 Å². The Morgan fingerprint density at radius 1 is 1.44 bits per heavy atom. The molecule has 0 saturated heterocycles. The zero-order valence-electron chi connectivity index (χ0n) is 9.71. The number of nitrogens with zero attached hydrogens (tertiary/aromatic N) is 2. The highest BCUT2D eigenvalue weighted by molar-refractivity contribution is 6.33. The number of benzene rings is 1. The summed E-state index contributed by atoms with van der Waals surface area (Å²) in [4.78, 5) is 18.9. The van der Waals surface area contributed by atoms with Gasteiger partial charge in [0.15, 0.2) is 0 Å². The SMILES string of the molecule is Bc1cnc(Nc2cccc(C(N)=O)c2)nc1O. The van der Waals surface area contributed by atoms with Crippen molar-refractivity contribution in [3.05, 3.63) is 36.0 Å². The second-order valence-corrected chi connectivity index (χ2v) is 3.77. The molecule has 1 aromatic heterocycles. The van der Waals surface area contributed by atoms with Crippen LogP contribution >= 0.6 is 0 Å². The summed E-state index contributed by atoms with van der Waals surface area (Å²) in [5.41, 5.74) is 6.78. The van der Waals surface area contributed by atoms with Gasteiger partial charge in [0, 0.05) is 17.4 Å². The van der Waals surface area contributed by atoms with Crippen molar-refractivity contribution in [2.75, 3.05) is 5.32 Å². The summed E-state index contributed by atoms with van der Waals surface area (Å²) >= 11 is 0. The summed E-state index contributed by atoms with van der Waals surface area (Å²) in [6.07, 6.45) is 1.50. The number of amides is 1. The highest BCUT2D eigenvalue weighted by Crippen LogP contribution is 2.15. The zero-order valence-corrected chi connectivity index (χ0v) is 9.71. The molecule has 0 saturated carbocycles. The van der Waals surface area contributed by atoms with Crippen LogP contribution in [0.5, 0.6) is 5.88 Å². The Kier molecular flexibility index (Phi) is 3.14. The number of aromatic nitrogens is 2. The lowest BCUT2D eigenvalue weighted by molar-refractivity contribution is 0.100. The average molecular weight is 242 g/mol. The van der Waals surface area contributed by atoms with Gasteiger partial charge in [0.1, 0.15) is 7.85 Å². The van der Waals surface area contributed by atoms with Crippen LogP contribution in [0.1, 0.15) is 10.4 Å². The maximum absolute atomic E-state index is 11.0. The van der Waals surface area contributed by atoms with Gasteiger partial charge in [-0.1, -0.05) is 6.07 Å². The molecule has 0 spiro atoms. The average Bonchev–Trinajstić information content (AvgIpc) is 2.34. The minimum atomic E-state index is -0.508. The van der Waals surface area contributed by atoms with E-state index in [0.717, 1.165) is 0 Å². The molecule has 18 heavy (non-hydrogen) atoms. The van der Waals surface area contributed by atoms with Gasteiger partial charge in [-0.3, -0.25) is 4.79 Å². The molecule has 0 aliphatic carbocycles. The largest absolute Gasteiger partial charge is 0.494 e. The minimum Gasteiger partial charge on any atom is -0.494 e. The van der Waals surface area contributed by atoms with Gasteiger partial charge in [0.2, 0.25) is 17.7 Å². The molecule has 1 aromatic carbocycles. The van der Waals surface area contributed by atoms with Crippen molar-refractivity contribution in [1.82, 2.24) is 9.97 Å². The van der Waals surface area contributed by atoms with Crippen LogP contribution < -0.4 is 16.5 Å². The standard InChI is InChI=1S/C11H11BN4O2/c12-8-5-14-11(16-10(8)18)15-7-3-1-2-6(4-7)9(13)17/h1-5H,12H2,(H2,13,17)(H2,14,15,16,18). The molecule has 1 heterocycles. The number of carbonyl (C=O) groups excluding carboxylic acids is 1. The van der Waals surface area contributed by atoms with E-state index < -0.39 is 5.91 Å². The van der Waals surface area contributed by atoms with Crippen LogP contribution in [0.15, 0.2) is 30.5 Å². The Hall–Kier alpha value is -2.57. The molecule has 0 bridgehead atoms. The maximum atomic E-state index is 11.0. The lowest BCUT2D eigenvalue weighted by atomic mass is 10.0. The summed E-state index contributed by atoms with van der Waals surface area (Å²) in [5.74, 6) is -0.343. The maximum Gasteiger partial charge on any atom is 0.248 e. The number of aromatic hydroxyl groups is 1. The molecule has 7 heteroatoms. The van der Waals surface area contributed by atoms with Gasteiger partial charge in [-0.25, -0.2) is 4.98 Å². The number of hydrogen-bond donors (Lipinski definition) is 3. The molecule has 90 valence electrons. The molecule has 0 aliphatic rings. The van der Waals surface area contributed by atoms with Gasteiger partial charge < -0.3 is 16.2 Å². The molecule has 4 N–H and O–H groups in total. The van der Waals surface area contributed by atoms with Crippen molar-refractivity contribution in [2.45, 2.75) is 0 Å². The van der Waals surface area contributed by atoms with E-state index in [1.54, 1.807) is 32.1 Å². The number of carbonyl (C=O) groups is 1. The van der Waals surface area contributed by atoms with Crippen molar-refractivity contribution < 1.29 is 9.90 Å². The van der Waals surface area contributed by atoms with Crippen LogP contribution in [0, 0.1) is 0 Å². The lowest BCUT2D eigenvalue weighted by Gasteiger charge is -2.06. The van der Waals surface area contributed by atoms with Gasteiger partial charge >= 0.3 is 0 Å². The fraction of sp³-hybridized carbons (Fsp3) is 0. The van der Waals surface area contributed by atoms with E-state index in [0.29, 0.717) is 16.7 Å². The van der Waals surface area contributed by atoms with E-state index >= 15 is 0 Å². The fourth-order valence-corrected chi connectivity index (χ4v) is 1.37. The lowest BCUT2D eigenvalue weighted by Crippen LogP contribution is -2.11. The Balaban J connectivity index is 2.25. The molecule has 0 radical (unpaired) electrons. The van der Waals surface area contributed by atoms with E-state index in [4.69, 9.17) is 5.73 Å². The molecule has 2 aromatic rings. The first-order valence-electron chi connectivity index (χ1n) is 5.26. The summed E-state index contributed by atoms with van der Waals surface area (Å²) in [5, 5.41) is 12.3. The summed E-state index contributed by atoms with van der Waals surface area (Å²) < 4.78 is 0. The topological polar surface area (TPSA) is 101 Å². The van der Waals surface area contributed by atoms with E-state index in [1.165, 1.54) is 6.20 Å². The van der Waals surface area contributed by atoms with Gasteiger partial charge in [0.05, 0.1) is 0 Å². The second kappa shape index (κ2) is 4.74. The van der Waals surface area contributed by atoms with Crippen molar-refractivity contribution >= 4 is 30.9 Å². The Morgan fingerprint density at radius 2 is 2.22 bits per heavy atom. The third-order valence-electron chi connectivity index (χ3n) is 2.35. The number of primary amides is 1. The van der Waals surface area contributed by atoms with E-state index in [9.17, 15) is 9.90 Å². The highest BCUT2D eigenvalue weighted by atomic mass is 16.3. The minimum absolute atomic E-state index is 0.0847. The van der Waals surface area contributed by atoms with Crippen molar-refractivity contribution in [2.24, 2.45) is 5.73 Å². The predicted octanol–water partition coefficient (Wildman–Crippen LogP) is -0.717. The highest BCUT2D eigenvalue weighted by Gasteiger charge is 2.04. The predicted molar refractivity (Wildman–Crippen MR) is 70.1 cm³/mol. The van der Waals surface area contributed by atoms with Crippen LogP contribution in [-0.2, 0) is 0 Å². The Labute approximate surface area is 104 Å². The van der Waals surface area contributed by atoms with E-state index in [2.05, 4.69) is 15.3 Å². The zero-order chi connectivity index (χ0) is 13.1. The Morgan fingerprint density at radius 3 is 2.89 bits per heavy atom. The van der Waals surface area contributed by atoms with Crippen LogP contribution in [0.2, 0.25) is 0 Å². The molecule has 0 fully saturated rings. The third-order valence-corrected chi connectivity index (χ3v) is 2.35. The fourth-order valence-electron chi connectivity index (χ4n) is 1.37. The molecular formula is C11H11BN4O2. The molecule has 1 amide bonds. The summed E-state index contributed by atoms with van der Waals surface area (Å²) in [6, 6.07) is 6.63. The molecular weight excluding hydrogens is 231 g/mol. The first-order chi connectivity index (χ1) is 8.56. The Bertz CT molecular complexity index is 603. The summed E-state index contributed by atoms with van der Waals surface area (Å²) in [7, 11) is 1.70. The van der Waals surface area contributed by atoms with Gasteiger partial charge in [-0.15, -0.1) is 0 Å². The van der Waals surface area contributed by atoms with Crippen molar-refractivity contribution in [3.63, 3.8) is 0 Å². The first-order valence-corrected chi connectivity index (χ1v) is 5.26. The van der Waals surface area contributed by atoms with E-state index in [1.807, 2.05) is 0 Å². The normalized spacial score (nSPS) is 10.0. The smallest absolute Gasteiger partial charge is 0.248 e. The quantitative estimate of drug-likeness (QED) is 0.617. The molecule has 0 unspecified atom stereocenters.